The van der Waals surface area contributed by atoms with E-state index in [-0.39, 0.29) is 11.9 Å². The molecule has 0 bridgehead atoms. The molecule has 6 nitrogen and oxygen atoms in total. The normalized spacial score (nSPS) is 13.5. The molecule has 28 heavy (non-hydrogen) atoms. The van der Waals surface area contributed by atoms with Gasteiger partial charge in [0.1, 0.15) is 11.8 Å². The topological polar surface area (TPSA) is 75.7 Å². The molecule has 1 N–H and O–H groups in total. The van der Waals surface area contributed by atoms with E-state index in [9.17, 15) is 13.2 Å². The maximum atomic E-state index is 12.9. The van der Waals surface area contributed by atoms with Gasteiger partial charge in [0, 0.05) is 0 Å². The molecule has 0 aliphatic heterocycles. The lowest BCUT2D eigenvalue weighted by Crippen LogP contribution is -2.48. The molecule has 0 spiro atoms. The maximum Gasteiger partial charge on any atom is 0.244 e. The Hall–Kier alpha value is -2.54. The summed E-state index contributed by atoms with van der Waals surface area (Å²) >= 11 is 0. The van der Waals surface area contributed by atoms with Gasteiger partial charge in [-0.25, -0.2) is 8.42 Å². The Morgan fingerprint density at radius 2 is 1.82 bits per heavy atom. The minimum Gasteiger partial charge on any atom is -0.496 e. The van der Waals surface area contributed by atoms with E-state index in [1.807, 2.05) is 32.0 Å². The molecular formula is C21H28N2O4S. The van der Waals surface area contributed by atoms with Gasteiger partial charge in [0.15, 0.2) is 0 Å². The number of nitrogens with one attached hydrogen (secondary N) is 1. The lowest BCUT2D eigenvalue weighted by molar-refractivity contribution is -0.122. The summed E-state index contributed by atoms with van der Waals surface area (Å²) in [6.45, 7) is 5.51. The zero-order valence-electron chi connectivity index (χ0n) is 17.0. The quantitative estimate of drug-likeness (QED) is 0.731. The fourth-order valence-electron chi connectivity index (χ4n) is 3.22. The predicted molar refractivity (Wildman–Crippen MR) is 112 cm³/mol. The molecule has 0 saturated heterocycles. The van der Waals surface area contributed by atoms with Gasteiger partial charge >= 0.3 is 0 Å². The van der Waals surface area contributed by atoms with E-state index in [1.165, 1.54) is 0 Å². The number of hydrogen-bond donors (Lipinski definition) is 1. The third-order valence-electron chi connectivity index (χ3n) is 4.65. The van der Waals surface area contributed by atoms with Crippen molar-refractivity contribution < 1.29 is 17.9 Å². The van der Waals surface area contributed by atoms with Gasteiger partial charge in [-0.2, -0.15) is 0 Å². The first-order valence-corrected chi connectivity index (χ1v) is 11.0. The summed E-state index contributed by atoms with van der Waals surface area (Å²) in [6.07, 6.45) is 1.78. The summed E-state index contributed by atoms with van der Waals surface area (Å²) in [5, 5.41) is 2.98. The average Bonchev–Trinajstić information content (AvgIpc) is 2.65. The van der Waals surface area contributed by atoms with Gasteiger partial charge in [-0.05, 0) is 49.6 Å². The minimum atomic E-state index is -3.63. The highest BCUT2D eigenvalue weighted by Crippen LogP contribution is 2.25. The lowest BCUT2D eigenvalue weighted by atomic mass is 10.0. The number of anilines is 1. The molecule has 0 aliphatic rings. The number of aryl methyl sites for hydroxylation is 1. The van der Waals surface area contributed by atoms with Crippen molar-refractivity contribution in [2.75, 3.05) is 17.7 Å². The molecule has 2 aromatic carbocycles. The summed E-state index contributed by atoms with van der Waals surface area (Å²) in [7, 11) is -2.01. The van der Waals surface area contributed by atoms with Gasteiger partial charge in [-0.15, -0.1) is 0 Å². The highest BCUT2D eigenvalue weighted by Gasteiger charge is 2.30. The standard InChI is InChI=1S/C21H28N2O4S/c1-6-19(17-12-13-20(27-4)15(2)14-17)22-21(24)16(3)23(28(5,25)26)18-10-8-7-9-11-18/h7-14,16,19H,6H2,1-5H3,(H,22,24)/t16-,19+/m0/s1. The summed E-state index contributed by atoms with van der Waals surface area (Å²) in [5.74, 6) is 0.431. The van der Waals surface area contributed by atoms with E-state index in [0.717, 1.165) is 27.4 Å². The van der Waals surface area contributed by atoms with Crippen LogP contribution in [0.1, 0.15) is 37.4 Å². The Bertz CT molecular complexity index is 913. The zero-order chi connectivity index (χ0) is 20.9. The van der Waals surface area contributed by atoms with Crippen molar-refractivity contribution >= 4 is 21.6 Å². The Morgan fingerprint density at radius 1 is 1.18 bits per heavy atom. The third kappa shape index (κ3) is 5.04. The fraction of sp³-hybridized carbons (Fsp3) is 0.381. The van der Waals surface area contributed by atoms with Crippen molar-refractivity contribution in [3.63, 3.8) is 0 Å². The number of carbonyl (C=O) groups excluding carboxylic acids is 1. The third-order valence-corrected chi connectivity index (χ3v) is 5.89. The second-order valence-corrected chi connectivity index (χ2v) is 8.63. The van der Waals surface area contributed by atoms with Crippen LogP contribution in [-0.4, -0.2) is 33.7 Å². The van der Waals surface area contributed by atoms with Crippen LogP contribution in [0.2, 0.25) is 0 Å². The summed E-state index contributed by atoms with van der Waals surface area (Å²) in [5.41, 5.74) is 2.38. The van der Waals surface area contributed by atoms with Crippen LogP contribution >= 0.6 is 0 Å². The number of ether oxygens (including phenoxy) is 1. The Morgan fingerprint density at radius 3 is 2.32 bits per heavy atom. The van der Waals surface area contributed by atoms with Crippen molar-refractivity contribution in [2.45, 2.75) is 39.3 Å². The van der Waals surface area contributed by atoms with Crippen LogP contribution in [0.3, 0.4) is 0 Å². The average molecular weight is 405 g/mol. The Labute approximate surface area is 167 Å². The van der Waals surface area contributed by atoms with Crippen LogP contribution < -0.4 is 14.4 Å². The fourth-order valence-corrected chi connectivity index (χ4v) is 4.39. The molecule has 0 unspecified atom stereocenters. The van der Waals surface area contributed by atoms with Crippen LogP contribution in [0.15, 0.2) is 48.5 Å². The second kappa shape index (κ2) is 9.10. The van der Waals surface area contributed by atoms with E-state index >= 15 is 0 Å². The number of sulfonamides is 1. The number of carbonyl (C=O) groups is 1. The van der Waals surface area contributed by atoms with Gasteiger partial charge < -0.3 is 10.1 Å². The SMILES string of the molecule is CC[C@@H](NC(=O)[C@H](C)N(c1ccccc1)S(C)(=O)=O)c1ccc(OC)c(C)c1. The molecule has 152 valence electrons. The molecule has 0 heterocycles. The predicted octanol–water partition coefficient (Wildman–Crippen LogP) is 3.43. The summed E-state index contributed by atoms with van der Waals surface area (Å²) in [6, 6.07) is 13.3. The van der Waals surface area contributed by atoms with Gasteiger partial charge in [-0.3, -0.25) is 9.10 Å². The van der Waals surface area contributed by atoms with Gasteiger partial charge in [0.2, 0.25) is 15.9 Å². The van der Waals surface area contributed by atoms with Crippen LogP contribution in [0.5, 0.6) is 5.75 Å². The van der Waals surface area contributed by atoms with E-state index in [1.54, 1.807) is 44.4 Å². The van der Waals surface area contributed by atoms with Gasteiger partial charge in [0.25, 0.3) is 0 Å². The molecule has 0 radical (unpaired) electrons. The van der Waals surface area contributed by atoms with Crippen molar-refractivity contribution in [1.29, 1.82) is 0 Å². The van der Waals surface area contributed by atoms with Crippen LogP contribution in [0, 0.1) is 6.92 Å². The molecule has 0 saturated carbocycles. The zero-order valence-corrected chi connectivity index (χ0v) is 17.8. The Kier molecular flexibility index (Phi) is 7.07. The second-order valence-electron chi connectivity index (χ2n) is 6.77. The number of rotatable bonds is 8. The van der Waals surface area contributed by atoms with E-state index in [4.69, 9.17) is 4.74 Å². The first-order valence-electron chi connectivity index (χ1n) is 9.18. The van der Waals surface area contributed by atoms with E-state index < -0.39 is 16.1 Å². The smallest absolute Gasteiger partial charge is 0.244 e. The highest BCUT2D eigenvalue weighted by atomic mass is 32.2. The van der Waals surface area contributed by atoms with E-state index in [0.29, 0.717) is 12.1 Å². The number of benzene rings is 2. The number of amides is 1. The monoisotopic (exact) mass is 404 g/mol. The molecule has 2 atom stereocenters. The number of hydrogen-bond acceptors (Lipinski definition) is 4. The molecule has 0 aliphatic carbocycles. The van der Waals surface area contributed by atoms with Gasteiger partial charge in [-0.1, -0.05) is 37.3 Å². The van der Waals surface area contributed by atoms with Crippen molar-refractivity contribution in [3.05, 3.63) is 59.7 Å². The minimum absolute atomic E-state index is 0.225. The van der Waals surface area contributed by atoms with E-state index in [2.05, 4.69) is 5.32 Å². The Balaban J connectivity index is 2.26. The van der Waals surface area contributed by atoms with Crippen molar-refractivity contribution in [3.8, 4) is 5.75 Å². The number of nitrogens with zero attached hydrogens (tertiary/aromatic N) is 1. The number of methoxy groups -OCH3 is 1. The van der Waals surface area contributed by atoms with Crippen molar-refractivity contribution in [1.82, 2.24) is 5.32 Å². The maximum absolute atomic E-state index is 12.9. The largest absolute Gasteiger partial charge is 0.496 e. The molecule has 0 aromatic heterocycles. The summed E-state index contributed by atoms with van der Waals surface area (Å²) in [4.78, 5) is 12.9. The molecule has 0 fully saturated rings. The summed E-state index contributed by atoms with van der Waals surface area (Å²) < 4.78 is 31.1. The van der Waals surface area contributed by atoms with Crippen LogP contribution in [0.4, 0.5) is 5.69 Å². The highest BCUT2D eigenvalue weighted by molar-refractivity contribution is 7.92. The van der Waals surface area contributed by atoms with Crippen LogP contribution in [0.25, 0.3) is 0 Å². The van der Waals surface area contributed by atoms with Gasteiger partial charge in [0.05, 0.1) is 25.1 Å². The lowest BCUT2D eigenvalue weighted by Gasteiger charge is -2.30. The van der Waals surface area contributed by atoms with Crippen LogP contribution in [-0.2, 0) is 14.8 Å². The first kappa shape index (κ1) is 21.8. The molecule has 2 rings (SSSR count). The number of para-hydroxylation sites is 1. The molecule has 1 amide bonds. The van der Waals surface area contributed by atoms with Crippen molar-refractivity contribution in [2.24, 2.45) is 0 Å². The molecule has 7 heteroatoms. The molecule has 2 aromatic rings. The molecular weight excluding hydrogens is 376 g/mol. The first-order chi connectivity index (χ1) is 13.2.